The Bertz CT molecular complexity index is 706. The van der Waals surface area contributed by atoms with Crippen LogP contribution in [0.5, 0.6) is 5.75 Å². The summed E-state index contributed by atoms with van der Waals surface area (Å²) < 4.78 is 10.9. The van der Waals surface area contributed by atoms with Crippen molar-refractivity contribution in [1.29, 1.82) is 0 Å². The Hall–Kier alpha value is -2.69. The van der Waals surface area contributed by atoms with E-state index in [1.807, 2.05) is 0 Å². The Labute approximate surface area is 154 Å². The van der Waals surface area contributed by atoms with Gasteiger partial charge in [-0.05, 0) is 17.7 Å². The van der Waals surface area contributed by atoms with E-state index in [0.29, 0.717) is 5.56 Å². The predicted molar refractivity (Wildman–Crippen MR) is 89.1 cm³/mol. The molecule has 0 bridgehead atoms. The first-order chi connectivity index (χ1) is 12.8. The summed E-state index contributed by atoms with van der Waals surface area (Å²) in [5.74, 6) is -2.86. The smallest absolute Gasteiger partial charge is 0.333 e. The summed E-state index contributed by atoms with van der Waals surface area (Å²) in [5.41, 5.74) is 0.459. The molecule has 1 heterocycles. The first-order valence-corrected chi connectivity index (χ1v) is 8.27. The Morgan fingerprint density at radius 3 is 2.59 bits per heavy atom. The van der Waals surface area contributed by atoms with Crippen LogP contribution in [0.2, 0.25) is 0 Å². The van der Waals surface area contributed by atoms with Gasteiger partial charge in [-0.1, -0.05) is 6.07 Å². The molecule has 1 amide bonds. The first kappa shape index (κ1) is 20.6. The topological polar surface area (TPSA) is 163 Å². The number of hydrogen-bond acceptors (Lipinski definition) is 7. The molecule has 3 atom stereocenters. The molecule has 1 aromatic carbocycles. The quantitative estimate of drug-likeness (QED) is 0.406. The normalized spacial score (nSPS) is 22.1. The van der Waals surface area contributed by atoms with Crippen LogP contribution < -0.4 is 10.1 Å². The zero-order chi connectivity index (χ0) is 20.0. The van der Waals surface area contributed by atoms with E-state index in [-0.39, 0.29) is 43.7 Å². The van der Waals surface area contributed by atoms with Gasteiger partial charge in [-0.3, -0.25) is 9.59 Å². The summed E-state index contributed by atoms with van der Waals surface area (Å²) in [5, 5.41) is 39.2. The molecule has 0 aliphatic carbocycles. The van der Waals surface area contributed by atoms with Crippen molar-refractivity contribution >= 4 is 17.8 Å². The van der Waals surface area contributed by atoms with Crippen molar-refractivity contribution in [1.82, 2.24) is 5.32 Å². The number of amides is 1. The van der Waals surface area contributed by atoms with E-state index in [0.717, 1.165) is 0 Å². The lowest BCUT2D eigenvalue weighted by Gasteiger charge is -2.31. The first-order valence-electron chi connectivity index (χ1n) is 8.27. The van der Waals surface area contributed by atoms with Crippen LogP contribution in [0.15, 0.2) is 18.2 Å². The monoisotopic (exact) mass is 383 g/mol. The van der Waals surface area contributed by atoms with Crippen LogP contribution in [0.25, 0.3) is 0 Å². The highest BCUT2D eigenvalue weighted by Crippen LogP contribution is 2.27. The largest absolute Gasteiger partial charge is 0.481 e. The SMILES string of the molecule is O=C(O)CCNC(=O)c1cc(CO)ccc1OC1CC(O)CC(C(=O)O)O1. The summed E-state index contributed by atoms with van der Waals surface area (Å²) in [6.07, 6.45) is -3.56. The molecule has 10 nitrogen and oxygen atoms in total. The van der Waals surface area contributed by atoms with Crippen LogP contribution in [-0.4, -0.2) is 63.3 Å². The van der Waals surface area contributed by atoms with Crippen LogP contribution in [0.3, 0.4) is 0 Å². The van der Waals surface area contributed by atoms with Crippen LogP contribution in [0, 0.1) is 0 Å². The molecular formula is C17H21NO9. The van der Waals surface area contributed by atoms with Gasteiger partial charge in [0.05, 0.1) is 24.7 Å². The number of carboxylic acid groups (broad SMARTS) is 2. The summed E-state index contributed by atoms with van der Waals surface area (Å²) in [6.45, 7) is -0.424. The van der Waals surface area contributed by atoms with E-state index in [9.17, 15) is 24.6 Å². The van der Waals surface area contributed by atoms with Crippen molar-refractivity contribution in [2.45, 2.75) is 44.4 Å². The van der Waals surface area contributed by atoms with E-state index in [1.165, 1.54) is 18.2 Å². The third-order valence-electron chi connectivity index (χ3n) is 3.90. The highest BCUT2D eigenvalue weighted by atomic mass is 16.7. The second-order valence-electron chi connectivity index (χ2n) is 6.02. The lowest BCUT2D eigenvalue weighted by atomic mass is 10.0. The highest BCUT2D eigenvalue weighted by molar-refractivity contribution is 5.97. The van der Waals surface area contributed by atoms with Gasteiger partial charge in [0, 0.05) is 19.4 Å². The van der Waals surface area contributed by atoms with Gasteiger partial charge in [0.1, 0.15) is 5.75 Å². The van der Waals surface area contributed by atoms with Gasteiger partial charge < -0.3 is 35.2 Å². The lowest BCUT2D eigenvalue weighted by molar-refractivity contribution is -0.195. The van der Waals surface area contributed by atoms with Crippen molar-refractivity contribution in [3.05, 3.63) is 29.3 Å². The molecule has 5 N–H and O–H groups in total. The van der Waals surface area contributed by atoms with E-state index in [4.69, 9.17) is 19.7 Å². The molecule has 0 aromatic heterocycles. The summed E-state index contributed by atoms with van der Waals surface area (Å²) >= 11 is 0. The maximum atomic E-state index is 12.3. The molecule has 1 aliphatic rings. The second kappa shape index (κ2) is 9.31. The fraction of sp³-hybridized carbons (Fsp3) is 0.471. The van der Waals surface area contributed by atoms with E-state index in [1.54, 1.807) is 0 Å². The van der Waals surface area contributed by atoms with E-state index >= 15 is 0 Å². The zero-order valence-corrected chi connectivity index (χ0v) is 14.3. The molecular weight excluding hydrogens is 362 g/mol. The van der Waals surface area contributed by atoms with E-state index < -0.39 is 36.3 Å². The predicted octanol–water partition coefficient (Wildman–Crippen LogP) is -0.287. The van der Waals surface area contributed by atoms with Gasteiger partial charge in [-0.25, -0.2) is 4.79 Å². The van der Waals surface area contributed by atoms with Crippen molar-refractivity contribution in [3.63, 3.8) is 0 Å². The Balaban J connectivity index is 2.16. The molecule has 0 radical (unpaired) electrons. The van der Waals surface area contributed by atoms with Crippen LogP contribution in [0.1, 0.15) is 35.2 Å². The molecule has 1 aliphatic heterocycles. The average Bonchev–Trinajstić information content (AvgIpc) is 2.61. The van der Waals surface area contributed by atoms with Crippen LogP contribution in [-0.2, 0) is 20.9 Å². The minimum Gasteiger partial charge on any atom is -0.481 e. The van der Waals surface area contributed by atoms with Crippen molar-refractivity contribution in [3.8, 4) is 5.75 Å². The number of aliphatic hydroxyl groups is 2. The molecule has 1 aromatic rings. The maximum Gasteiger partial charge on any atom is 0.333 e. The minimum absolute atomic E-state index is 0.0194. The standard InChI is InChI=1S/C17H21NO9/c19-8-9-1-2-12(11(5-9)16(23)18-4-3-14(21)22)26-15-7-10(20)6-13(27-15)17(24)25/h1-2,5,10,13,15,19-20H,3-4,6-8H2,(H,18,23)(H,21,22)(H,24,25). The molecule has 1 saturated heterocycles. The molecule has 0 spiro atoms. The maximum absolute atomic E-state index is 12.3. The molecule has 1 fully saturated rings. The summed E-state index contributed by atoms with van der Waals surface area (Å²) in [4.78, 5) is 34.0. The molecule has 3 unspecified atom stereocenters. The number of nitrogens with one attached hydrogen (secondary N) is 1. The molecule has 148 valence electrons. The number of carbonyl (C=O) groups excluding carboxylic acids is 1. The fourth-order valence-electron chi connectivity index (χ4n) is 2.57. The van der Waals surface area contributed by atoms with Crippen molar-refractivity contribution in [2.75, 3.05) is 6.54 Å². The molecule has 27 heavy (non-hydrogen) atoms. The number of ether oxygens (including phenoxy) is 2. The number of carbonyl (C=O) groups is 3. The van der Waals surface area contributed by atoms with Gasteiger partial charge in [-0.15, -0.1) is 0 Å². The third-order valence-corrected chi connectivity index (χ3v) is 3.90. The summed E-state index contributed by atoms with van der Waals surface area (Å²) in [7, 11) is 0. The Kier molecular flexibility index (Phi) is 7.11. The highest BCUT2D eigenvalue weighted by Gasteiger charge is 2.34. The number of aliphatic carboxylic acids is 2. The minimum atomic E-state index is -1.23. The van der Waals surface area contributed by atoms with Gasteiger partial charge in [0.15, 0.2) is 6.10 Å². The van der Waals surface area contributed by atoms with Crippen molar-refractivity contribution in [2.24, 2.45) is 0 Å². The lowest BCUT2D eigenvalue weighted by Crippen LogP contribution is -2.42. The van der Waals surface area contributed by atoms with Crippen molar-refractivity contribution < 1.29 is 44.3 Å². The van der Waals surface area contributed by atoms with Gasteiger partial charge in [0.25, 0.3) is 5.91 Å². The number of benzene rings is 1. The third kappa shape index (κ3) is 5.91. The zero-order valence-electron chi connectivity index (χ0n) is 14.3. The number of aliphatic hydroxyl groups excluding tert-OH is 2. The van der Waals surface area contributed by atoms with Crippen LogP contribution in [0.4, 0.5) is 0 Å². The summed E-state index contributed by atoms with van der Waals surface area (Å²) in [6, 6.07) is 4.30. The molecule has 0 saturated carbocycles. The van der Waals surface area contributed by atoms with Gasteiger partial charge in [0.2, 0.25) is 6.29 Å². The molecule has 10 heteroatoms. The second-order valence-corrected chi connectivity index (χ2v) is 6.02. The fourth-order valence-corrected chi connectivity index (χ4v) is 2.57. The number of carboxylic acids is 2. The molecule has 2 rings (SSSR count). The Morgan fingerprint density at radius 2 is 1.96 bits per heavy atom. The van der Waals surface area contributed by atoms with Crippen LogP contribution >= 0.6 is 0 Å². The van der Waals surface area contributed by atoms with E-state index in [2.05, 4.69) is 5.32 Å². The average molecular weight is 383 g/mol. The number of hydrogen-bond donors (Lipinski definition) is 5. The Morgan fingerprint density at radius 1 is 1.22 bits per heavy atom. The van der Waals surface area contributed by atoms with Gasteiger partial charge >= 0.3 is 11.9 Å². The van der Waals surface area contributed by atoms with Gasteiger partial charge in [-0.2, -0.15) is 0 Å². The number of rotatable bonds is 8.